The third-order valence-electron chi connectivity index (χ3n) is 4.18. The van der Waals surface area contributed by atoms with Crippen LogP contribution in [0.2, 0.25) is 0 Å². The summed E-state index contributed by atoms with van der Waals surface area (Å²) in [5.74, 6) is 1.78. The molecular weight excluding hydrogens is 380 g/mol. The Kier molecular flexibility index (Phi) is 5.72. The number of carboxylic acid groups (broad SMARTS) is 1. The molecule has 0 saturated heterocycles. The Hall–Kier alpha value is -3.95. The highest BCUT2D eigenvalue weighted by Crippen LogP contribution is 2.40. The number of hydrogen-bond acceptors (Lipinski definition) is 7. The van der Waals surface area contributed by atoms with Crippen molar-refractivity contribution in [1.29, 1.82) is 0 Å². The van der Waals surface area contributed by atoms with Crippen LogP contribution in [0.3, 0.4) is 0 Å². The summed E-state index contributed by atoms with van der Waals surface area (Å²) in [6.45, 7) is 0. The molecular formula is C19H20N4O6. The molecule has 0 saturated carbocycles. The Morgan fingerprint density at radius 3 is 2.17 bits per heavy atom. The van der Waals surface area contributed by atoms with Crippen molar-refractivity contribution in [1.82, 2.24) is 15.0 Å². The lowest BCUT2D eigenvalue weighted by molar-refractivity contribution is 0.209. The largest absolute Gasteiger partial charge is 0.495 e. The molecule has 0 aliphatic rings. The molecule has 3 aromatic rings. The van der Waals surface area contributed by atoms with Gasteiger partial charge in [-0.05, 0) is 18.2 Å². The molecule has 29 heavy (non-hydrogen) atoms. The topological polar surface area (TPSA) is 117 Å². The molecule has 0 aliphatic carbocycles. The van der Waals surface area contributed by atoms with Crippen LogP contribution in [0.25, 0.3) is 16.9 Å². The van der Waals surface area contributed by atoms with Gasteiger partial charge in [0.1, 0.15) is 5.75 Å². The fraction of sp³-hybridized carbons (Fsp3) is 0.211. The number of methoxy groups -OCH3 is 4. The number of nitrogens with one attached hydrogen (secondary N) is 1. The van der Waals surface area contributed by atoms with Crippen LogP contribution >= 0.6 is 0 Å². The summed E-state index contributed by atoms with van der Waals surface area (Å²) in [6, 6.07) is 8.55. The first-order valence-electron chi connectivity index (χ1n) is 8.41. The Balaban J connectivity index is 2.12. The van der Waals surface area contributed by atoms with Crippen LogP contribution in [-0.2, 0) is 0 Å². The first kappa shape index (κ1) is 19.8. The van der Waals surface area contributed by atoms with Crippen molar-refractivity contribution >= 4 is 11.8 Å². The maximum Gasteiger partial charge on any atom is 0.409 e. The van der Waals surface area contributed by atoms with Crippen molar-refractivity contribution in [2.45, 2.75) is 0 Å². The van der Waals surface area contributed by atoms with Gasteiger partial charge in [0.25, 0.3) is 0 Å². The van der Waals surface area contributed by atoms with Gasteiger partial charge < -0.3 is 24.1 Å². The van der Waals surface area contributed by atoms with E-state index in [2.05, 4.69) is 15.6 Å². The van der Waals surface area contributed by atoms with Gasteiger partial charge >= 0.3 is 6.09 Å². The lowest BCUT2D eigenvalue weighted by Gasteiger charge is -2.15. The van der Waals surface area contributed by atoms with Crippen molar-refractivity contribution in [3.63, 3.8) is 0 Å². The highest BCUT2D eigenvalue weighted by molar-refractivity contribution is 5.87. The summed E-state index contributed by atoms with van der Waals surface area (Å²) in [4.78, 5) is 11.1. The molecule has 2 N–H and O–H groups in total. The van der Waals surface area contributed by atoms with Gasteiger partial charge in [0.15, 0.2) is 11.5 Å². The van der Waals surface area contributed by atoms with Crippen LogP contribution in [0.4, 0.5) is 10.5 Å². The molecule has 10 heteroatoms. The average Bonchev–Trinajstić information content (AvgIpc) is 3.22. The number of aromatic nitrogens is 3. The minimum Gasteiger partial charge on any atom is -0.495 e. The summed E-state index contributed by atoms with van der Waals surface area (Å²) in [5, 5.41) is 19.5. The zero-order chi connectivity index (χ0) is 21.0. The van der Waals surface area contributed by atoms with E-state index in [0.717, 1.165) is 0 Å². The number of amides is 1. The number of nitrogens with zero attached hydrogens (tertiary/aromatic N) is 3. The number of anilines is 1. The number of benzene rings is 2. The van der Waals surface area contributed by atoms with Gasteiger partial charge in [-0.15, -0.1) is 5.10 Å². The van der Waals surface area contributed by atoms with E-state index in [0.29, 0.717) is 45.6 Å². The third kappa shape index (κ3) is 3.86. The fourth-order valence-corrected chi connectivity index (χ4v) is 2.89. The fourth-order valence-electron chi connectivity index (χ4n) is 2.89. The van der Waals surface area contributed by atoms with Crippen molar-refractivity contribution in [2.75, 3.05) is 33.8 Å². The van der Waals surface area contributed by atoms with Gasteiger partial charge in [-0.2, -0.15) is 0 Å². The Morgan fingerprint density at radius 2 is 1.62 bits per heavy atom. The standard InChI is InChI=1S/C19H20N4O6/c1-26-15-6-5-11(7-13(15)21-19(24)25)14-10-20-22-23(14)12-8-16(27-2)18(29-4)17(9-12)28-3/h5-10,21H,1-4H3,(H,24,25). The second-order valence-electron chi connectivity index (χ2n) is 5.76. The Bertz CT molecular complexity index is 1010. The second-order valence-corrected chi connectivity index (χ2v) is 5.76. The first-order chi connectivity index (χ1) is 14.0. The highest BCUT2D eigenvalue weighted by atomic mass is 16.5. The van der Waals surface area contributed by atoms with E-state index >= 15 is 0 Å². The van der Waals surface area contributed by atoms with Crippen molar-refractivity contribution in [2.24, 2.45) is 0 Å². The van der Waals surface area contributed by atoms with Crippen LogP contribution in [-0.4, -0.2) is 54.6 Å². The molecule has 10 nitrogen and oxygen atoms in total. The summed E-state index contributed by atoms with van der Waals surface area (Å²) >= 11 is 0. The molecule has 0 unspecified atom stereocenters. The summed E-state index contributed by atoms with van der Waals surface area (Å²) in [6.07, 6.45) is 0.368. The van der Waals surface area contributed by atoms with Crippen LogP contribution in [0.1, 0.15) is 0 Å². The zero-order valence-electron chi connectivity index (χ0n) is 16.3. The Morgan fingerprint density at radius 1 is 0.966 bits per heavy atom. The summed E-state index contributed by atoms with van der Waals surface area (Å²) in [5.41, 5.74) is 2.22. The van der Waals surface area contributed by atoms with Gasteiger partial charge in [0.2, 0.25) is 5.75 Å². The van der Waals surface area contributed by atoms with Crippen LogP contribution in [0.15, 0.2) is 36.5 Å². The van der Waals surface area contributed by atoms with Gasteiger partial charge in [-0.1, -0.05) is 5.21 Å². The number of hydrogen-bond donors (Lipinski definition) is 2. The van der Waals surface area contributed by atoms with Crippen LogP contribution < -0.4 is 24.3 Å². The van der Waals surface area contributed by atoms with Gasteiger partial charge in [0, 0.05) is 17.7 Å². The second kappa shape index (κ2) is 8.38. The minimum atomic E-state index is -1.20. The number of ether oxygens (including phenoxy) is 4. The maximum atomic E-state index is 11.1. The van der Waals surface area contributed by atoms with E-state index in [-0.39, 0.29) is 0 Å². The molecule has 0 spiro atoms. The highest BCUT2D eigenvalue weighted by Gasteiger charge is 2.18. The minimum absolute atomic E-state index is 0.301. The van der Waals surface area contributed by atoms with E-state index in [1.54, 1.807) is 41.2 Å². The SMILES string of the molecule is COc1ccc(-c2cnnn2-c2cc(OC)c(OC)c(OC)c2)cc1NC(=O)O. The van der Waals surface area contributed by atoms with Crippen molar-refractivity contribution < 1.29 is 28.8 Å². The molecule has 0 aliphatic heterocycles. The number of rotatable bonds is 7. The molecule has 0 radical (unpaired) electrons. The van der Waals surface area contributed by atoms with Crippen LogP contribution in [0.5, 0.6) is 23.0 Å². The molecule has 1 amide bonds. The van der Waals surface area contributed by atoms with Gasteiger partial charge in [-0.25, -0.2) is 9.48 Å². The van der Waals surface area contributed by atoms with Crippen molar-refractivity contribution in [3.8, 4) is 39.9 Å². The number of carbonyl (C=O) groups is 1. The molecule has 152 valence electrons. The quantitative estimate of drug-likeness (QED) is 0.621. The molecule has 3 rings (SSSR count). The van der Waals surface area contributed by atoms with Crippen molar-refractivity contribution in [3.05, 3.63) is 36.5 Å². The molecule has 0 fully saturated rings. The van der Waals surface area contributed by atoms with E-state index in [1.165, 1.54) is 28.4 Å². The smallest absolute Gasteiger partial charge is 0.409 e. The normalized spacial score (nSPS) is 10.3. The molecule has 2 aromatic carbocycles. The monoisotopic (exact) mass is 400 g/mol. The molecule has 0 bridgehead atoms. The van der Waals surface area contributed by atoms with E-state index in [1.807, 2.05) is 0 Å². The zero-order valence-corrected chi connectivity index (χ0v) is 16.3. The predicted octanol–water partition coefficient (Wildman–Crippen LogP) is 3.06. The van der Waals surface area contributed by atoms with Gasteiger partial charge in [0.05, 0.1) is 51.7 Å². The first-order valence-corrected chi connectivity index (χ1v) is 8.41. The van der Waals surface area contributed by atoms with E-state index in [9.17, 15) is 4.79 Å². The van der Waals surface area contributed by atoms with E-state index in [4.69, 9.17) is 24.1 Å². The van der Waals surface area contributed by atoms with Crippen LogP contribution in [0, 0.1) is 0 Å². The van der Waals surface area contributed by atoms with E-state index < -0.39 is 6.09 Å². The third-order valence-corrected chi connectivity index (χ3v) is 4.18. The molecule has 0 atom stereocenters. The Labute approximate surface area is 166 Å². The predicted molar refractivity (Wildman–Crippen MR) is 105 cm³/mol. The molecule has 1 heterocycles. The summed E-state index contributed by atoms with van der Waals surface area (Å²) < 4.78 is 22.9. The molecule has 1 aromatic heterocycles. The maximum absolute atomic E-state index is 11.1. The average molecular weight is 400 g/mol. The summed E-state index contributed by atoms with van der Waals surface area (Å²) in [7, 11) is 6.03. The lowest BCUT2D eigenvalue weighted by atomic mass is 10.1. The van der Waals surface area contributed by atoms with Gasteiger partial charge in [-0.3, -0.25) is 5.32 Å². The lowest BCUT2D eigenvalue weighted by Crippen LogP contribution is -2.09.